The normalized spacial score (nSPS) is 25.5. The Morgan fingerprint density at radius 3 is 2.33 bits per heavy atom. The predicted molar refractivity (Wildman–Crippen MR) is 61.4 cm³/mol. The summed E-state index contributed by atoms with van der Waals surface area (Å²) in [6.45, 7) is 2.58. The first kappa shape index (κ1) is 11.0. The van der Waals surface area contributed by atoms with Crippen molar-refractivity contribution in [2.75, 3.05) is 13.1 Å². The van der Waals surface area contributed by atoms with Gasteiger partial charge in [-0.25, -0.2) is 0 Å². The van der Waals surface area contributed by atoms with Crippen molar-refractivity contribution in [1.29, 1.82) is 5.26 Å². The third kappa shape index (κ3) is 2.95. The lowest BCUT2D eigenvalue weighted by atomic mass is 9.91. The van der Waals surface area contributed by atoms with Crippen LogP contribution in [0.15, 0.2) is 0 Å². The van der Waals surface area contributed by atoms with E-state index in [1.165, 1.54) is 51.6 Å². The fourth-order valence-electron chi connectivity index (χ4n) is 3.14. The van der Waals surface area contributed by atoms with Crippen molar-refractivity contribution in [3.05, 3.63) is 0 Å². The molecule has 2 heteroatoms. The highest BCUT2D eigenvalue weighted by atomic mass is 15.2. The second-order valence-corrected chi connectivity index (χ2v) is 5.11. The maximum atomic E-state index is 8.56. The van der Waals surface area contributed by atoms with Gasteiger partial charge in [-0.05, 0) is 51.1 Å². The highest BCUT2D eigenvalue weighted by molar-refractivity contribution is 4.83. The molecule has 15 heavy (non-hydrogen) atoms. The SMILES string of the molecule is N#CCCC1CCN(C2CCCC2)CC1. The van der Waals surface area contributed by atoms with E-state index < -0.39 is 0 Å². The van der Waals surface area contributed by atoms with E-state index in [4.69, 9.17) is 5.26 Å². The van der Waals surface area contributed by atoms with E-state index in [-0.39, 0.29) is 0 Å². The molecule has 0 aromatic heterocycles. The molecule has 0 N–H and O–H groups in total. The Hall–Kier alpha value is -0.550. The van der Waals surface area contributed by atoms with Crippen LogP contribution in [0.2, 0.25) is 0 Å². The van der Waals surface area contributed by atoms with Gasteiger partial charge in [0.2, 0.25) is 0 Å². The number of likely N-dealkylation sites (tertiary alicyclic amines) is 1. The minimum atomic E-state index is 0.758. The number of piperidine rings is 1. The van der Waals surface area contributed by atoms with Crippen LogP contribution in [0.4, 0.5) is 0 Å². The second kappa shape index (κ2) is 5.51. The van der Waals surface area contributed by atoms with Gasteiger partial charge in [0.05, 0.1) is 6.07 Å². The zero-order valence-corrected chi connectivity index (χ0v) is 9.62. The first-order chi connectivity index (χ1) is 7.40. The first-order valence-corrected chi connectivity index (χ1v) is 6.51. The fraction of sp³-hybridized carbons (Fsp3) is 0.923. The summed E-state index contributed by atoms with van der Waals surface area (Å²) >= 11 is 0. The van der Waals surface area contributed by atoms with Crippen molar-refractivity contribution >= 4 is 0 Å². The van der Waals surface area contributed by atoms with Gasteiger partial charge in [-0.2, -0.15) is 5.26 Å². The summed E-state index contributed by atoms with van der Waals surface area (Å²) in [5, 5.41) is 8.56. The Morgan fingerprint density at radius 2 is 1.73 bits per heavy atom. The monoisotopic (exact) mass is 206 g/mol. The van der Waals surface area contributed by atoms with Crippen LogP contribution in [0.25, 0.3) is 0 Å². The molecule has 2 nitrogen and oxygen atoms in total. The van der Waals surface area contributed by atoms with E-state index in [9.17, 15) is 0 Å². The molecule has 2 aliphatic rings. The van der Waals surface area contributed by atoms with E-state index in [1.807, 2.05) is 0 Å². The number of hydrogen-bond donors (Lipinski definition) is 0. The molecule has 0 spiro atoms. The maximum Gasteiger partial charge on any atom is 0.0621 e. The third-order valence-corrected chi connectivity index (χ3v) is 4.15. The molecule has 0 aromatic carbocycles. The van der Waals surface area contributed by atoms with Gasteiger partial charge < -0.3 is 4.90 Å². The van der Waals surface area contributed by atoms with Gasteiger partial charge in [0.1, 0.15) is 0 Å². The summed E-state index contributed by atoms with van der Waals surface area (Å²) < 4.78 is 0. The zero-order valence-electron chi connectivity index (χ0n) is 9.62. The van der Waals surface area contributed by atoms with Crippen LogP contribution >= 0.6 is 0 Å². The van der Waals surface area contributed by atoms with Crippen LogP contribution < -0.4 is 0 Å². The molecule has 2 fully saturated rings. The van der Waals surface area contributed by atoms with Crippen molar-refractivity contribution in [2.45, 2.75) is 57.4 Å². The molecule has 0 radical (unpaired) electrons. The Bertz CT molecular complexity index is 217. The zero-order chi connectivity index (χ0) is 10.5. The lowest BCUT2D eigenvalue weighted by Crippen LogP contribution is -2.40. The molecule has 84 valence electrons. The molecule has 1 aliphatic carbocycles. The molecule has 0 aromatic rings. The van der Waals surface area contributed by atoms with Crippen LogP contribution in [0, 0.1) is 17.2 Å². The Morgan fingerprint density at radius 1 is 1.07 bits per heavy atom. The van der Waals surface area contributed by atoms with E-state index in [0.29, 0.717) is 0 Å². The van der Waals surface area contributed by atoms with Crippen molar-refractivity contribution in [3.8, 4) is 6.07 Å². The highest BCUT2D eigenvalue weighted by Gasteiger charge is 2.26. The lowest BCUT2D eigenvalue weighted by Gasteiger charge is -2.35. The molecule has 0 bridgehead atoms. The van der Waals surface area contributed by atoms with Crippen LogP contribution in [-0.4, -0.2) is 24.0 Å². The minimum absolute atomic E-state index is 0.758. The lowest BCUT2D eigenvalue weighted by molar-refractivity contribution is 0.131. The second-order valence-electron chi connectivity index (χ2n) is 5.11. The molecule has 1 saturated carbocycles. The quantitative estimate of drug-likeness (QED) is 0.710. The number of hydrogen-bond acceptors (Lipinski definition) is 2. The summed E-state index contributed by atoms with van der Waals surface area (Å²) in [7, 11) is 0. The van der Waals surface area contributed by atoms with E-state index in [0.717, 1.165) is 24.8 Å². The smallest absolute Gasteiger partial charge is 0.0621 e. The standard InChI is InChI=1S/C13H22N2/c14-9-3-4-12-7-10-15(11-8-12)13-5-1-2-6-13/h12-13H,1-8,10-11H2. The molecule has 0 amide bonds. The molecule has 0 atom stereocenters. The van der Waals surface area contributed by atoms with Crippen molar-refractivity contribution in [3.63, 3.8) is 0 Å². The number of rotatable bonds is 3. The van der Waals surface area contributed by atoms with E-state index in [1.54, 1.807) is 0 Å². The maximum absolute atomic E-state index is 8.56. The van der Waals surface area contributed by atoms with Gasteiger partial charge in [-0.3, -0.25) is 0 Å². The summed E-state index contributed by atoms with van der Waals surface area (Å²) in [6.07, 6.45) is 10.3. The van der Waals surface area contributed by atoms with Crippen molar-refractivity contribution < 1.29 is 0 Å². The van der Waals surface area contributed by atoms with E-state index >= 15 is 0 Å². The minimum Gasteiger partial charge on any atom is -0.300 e. The molecule has 1 heterocycles. The van der Waals surface area contributed by atoms with Crippen LogP contribution in [0.3, 0.4) is 0 Å². The Balaban J connectivity index is 1.69. The van der Waals surface area contributed by atoms with E-state index in [2.05, 4.69) is 11.0 Å². The Kier molecular flexibility index (Phi) is 4.02. The van der Waals surface area contributed by atoms with Crippen LogP contribution in [0.5, 0.6) is 0 Å². The van der Waals surface area contributed by atoms with Gasteiger partial charge in [-0.1, -0.05) is 12.8 Å². The summed E-state index contributed by atoms with van der Waals surface area (Å²) in [5.74, 6) is 0.835. The first-order valence-electron chi connectivity index (χ1n) is 6.51. The molecule has 1 saturated heterocycles. The van der Waals surface area contributed by atoms with Gasteiger partial charge in [0.25, 0.3) is 0 Å². The van der Waals surface area contributed by atoms with Gasteiger partial charge >= 0.3 is 0 Å². The summed E-state index contributed by atoms with van der Waals surface area (Å²) in [5.41, 5.74) is 0. The molecular formula is C13H22N2. The number of nitriles is 1. The van der Waals surface area contributed by atoms with Crippen molar-refractivity contribution in [2.24, 2.45) is 5.92 Å². The van der Waals surface area contributed by atoms with Gasteiger partial charge in [0.15, 0.2) is 0 Å². The summed E-state index contributed by atoms with van der Waals surface area (Å²) in [6, 6.07) is 3.17. The van der Waals surface area contributed by atoms with Gasteiger partial charge in [0, 0.05) is 12.5 Å². The summed E-state index contributed by atoms with van der Waals surface area (Å²) in [4.78, 5) is 2.70. The third-order valence-electron chi connectivity index (χ3n) is 4.15. The van der Waals surface area contributed by atoms with Gasteiger partial charge in [-0.15, -0.1) is 0 Å². The molecule has 1 aliphatic heterocycles. The van der Waals surface area contributed by atoms with Crippen LogP contribution in [0.1, 0.15) is 51.4 Å². The largest absolute Gasteiger partial charge is 0.300 e. The van der Waals surface area contributed by atoms with Crippen LogP contribution in [-0.2, 0) is 0 Å². The molecular weight excluding hydrogens is 184 g/mol. The number of nitrogens with zero attached hydrogens (tertiary/aromatic N) is 2. The average Bonchev–Trinajstić information content (AvgIpc) is 2.80. The predicted octanol–water partition coefficient (Wildman–Crippen LogP) is 2.94. The Labute approximate surface area is 93.3 Å². The highest BCUT2D eigenvalue weighted by Crippen LogP contribution is 2.29. The molecule has 0 unspecified atom stereocenters. The molecule has 2 rings (SSSR count). The average molecular weight is 206 g/mol. The van der Waals surface area contributed by atoms with Crippen molar-refractivity contribution in [1.82, 2.24) is 4.90 Å². The fourth-order valence-corrected chi connectivity index (χ4v) is 3.14. The topological polar surface area (TPSA) is 27.0 Å².